The van der Waals surface area contributed by atoms with Gasteiger partial charge in [-0.3, -0.25) is 4.31 Å². The molecule has 4 rings (SSSR count). The van der Waals surface area contributed by atoms with Crippen LogP contribution in [-0.4, -0.2) is 51.7 Å². The van der Waals surface area contributed by atoms with Gasteiger partial charge in [0.15, 0.2) is 0 Å². The van der Waals surface area contributed by atoms with Crippen molar-refractivity contribution >= 4 is 21.7 Å². The zero-order valence-corrected chi connectivity index (χ0v) is 17.7. The molecule has 2 aliphatic heterocycles. The molecule has 0 amide bonds. The lowest BCUT2D eigenvalue weighted by Crippen LogP contribution is -2.39. The second kappa shape index (κ2) is 8.61. The first-order chi connectivity index (χ1) is 14.4. The highest BCUT2D eigenvalue weighted by molar-refractivity contribution is 7.92. The number of nitrogens with zero attached hydrogens (tertiary/aromatic N) is 2. The van der Waals surface area contributed by atoms with Crippen molar-refractivity contribution in [3.05, 3.63) is 47.7 Å². The Kier molecular flexibility index (Phi) is 5.92. The summed E-state index contributed by atoms with van der Waals surface area (Å²) in [4.78, 5) is 16.9. The number of aromatic nitrogens is 1. The van der Waals surface area contributed by atoms with Crippen LogP contribution in [0, 0.1) is 6.92 Å². The van der Waals surface area contributed by atoms with Crippen LogP contribution in [-0.2, 0) is 14.8 Å². The number of benzene rings is 1. The van der Waals surface area contributed by atoms with Gasteiger partial charge in [0, 0.05) is 12.2 Å². The van der Waals surface area contributed by atoms with E-state index in [1.165, 1.54) is 16.6 Å². The summed E-state index contributed by atoms with van der Waals surface area (Å²) >= 11 is 0. The lowest BCUT2D eigenvalue weighted by atomic mass is 10.1. The number of esters is 1. The molecule has 1 aromatic carbocycles. The van der Waals surface area contributed by atoms with E-state index in [0.717, 1.165) is 31.4 Å². The van der Waals surface area contributed by atoms with Crippen LogP contribution < -0.4 is 14.4 Å². The minimum Gasteiger partial charge on any atom is -0.474 e. The van der Waals surface area contributed by atoms with Crippen LogP contribution in [0.2, 0.25) is 0 Å². The maximum atomic E-state index is 13.2. The van der Waals surface area contributed by atoms with Gasteiger partial charge in [0.2, 0.25) is 5.88 Å². The molecule has 0 spiro atoms. The number of carbonyl (C=O) groups is 1. The lowest BCUT2D eigenvalue weighted by Gasteiger charge is -2.30. The highest BCUT2D eigenvalue weighted by atomic mass is 32.2. The van der Waals surface area contributed by atoms with Gasteiger partial charge in [0.1, 0.15) is 18.9 Å². The molecular formula is C21H25N3O5S. The number of ether oxygens (including phenoxy) is 2. The van der Waals surface area contributed by atoms with Gasteiger partial charge < -0.3 is 14.8 Å². The summed E-state index contributed by atoms with van der Waals surface area (Å²) < 4.78 is 38.6. The number of hydrogen-bond acceptors (Lipinski definition) is 7. The van der Waals surface area contributed by atoms with Crippen LogP contribution in [0.3, 0.4) is 0 Å². The van der Waals surface area contributed by atoms with E-state index in [4.69, 9.17) is 9.47 Å². The molecular weight excluding hydrogens is 406 g/mol. The average molecular weight is 432 g/mol. The van der Waals surface area contributed by atoms with Gasteiger partial charge in [0.25, 0.3) is 10.0 Å². The van der Waals surface area contributed by atoms with Crippen molar-refractivity contribution in [3.63, 3.8) is 0 Å². The predicted octanol–water partition coefficient (Wildman–Crippen LogP) is 2.28. The first-order valence-corrected chi connectivity index (χ1v) is 11.5. The average Bonchev–Trinajstić information content (AvgIpc) is 2.77. The molecule has 1 fully saturated rings. The maximum absolute atomic E-state index is 13.2. The Bertz CT molecular complexity index is 1020. The van der Waals surface area contributed by atoms with Crippen molar-refractivity contribution in [3.8, 4) is 5.88 Å². The fourth-order valence-electron chi connectivity index (χ4n) is 3.60. The Morgan fingerprint density at radius 1 is 1.30 bits per heavy atom. The normalized spacial score (nSPS) is 19.0. The van der Waals surface area contributed by atoms with E-state index in [-0.39, 0.29) is 47.8 Å². The molecule has 1 unspecified atom stereocenters. The third kappa shape index (κ3) is 4.27. The fourth-order valence-corrected chi connectivity index (χ4v) is 5.04. The Balaban J connectivity index is 1.56. The van der Waals surface area contributed by atoms with Gasteiger partial charge in [0.05, 0.1) is 17.0 Å². The SMILES string of the molecule is Cc1ccc(S(=O)(=O)N2CCOc3ncc(C(=O)OCC4CCCCN4)cc32)cc1. The Morgan fingerprint density at radius 3 is 2.83 bits per heavy atom. The number of fused-ring (bicyclic) bond motifs is 1. The maximum Gasteiger partial charge on any atom is 0.339 e. The molecule has 160 valence electrons. The van der Waals surface area contributed by atoms with Gasteiger partial charge in [-0.1, -0.05) is 24.1 Å². The molecule has 1 aromatic heterocycles. The Hall–Kier alpha value is -2.65. The van der Waals surface area contributed by atoms with E-state index < -0.39 is 16.0 Å². The molecule has 8 nitrogen and oxygen atoms in total. The number of aryl methyl sites for hydroxylation is 1. The van der Waals surface area contributed by atoms with E-state index in [1.54, 1.807) is 24.3 Å². The molecule has 0 bridgehead atoms. The third-order valence-electron chi connectivity index (χ3n) is 5.31. The summed E-state index contributed by atoms with van der Waals surface area (Å²) in [6.45, 7) is 3.41. The highest BCUT2D eigenvalue weighted by Crippen LogP contribution is 2.34. The van der Waals surface area contributed by atoms with Gasteiger partial charge in [-0.05, 0) is 44.5 Å². The third-order valence-corrected chi connectivity index (χ3v) is 7.13. The summed E-state index contributed by atoms with van der Waals surface area (Å²) in [5, 5.41) is 3.32. The topological polar surface area (TPSA) is 97.8 Å². The molecule has 1 atom stereocenters. The highest BCUT2D eigenvalue weighted by Gasteiger charge is 2.32. The van der Waals surface area contributed by atoms with Gasteiger partial charge in [-0.25, -0.2) is 18.2 Å². The summed E-state index contributed by atoms with van der Waals surface area (Å²) in [5.74, 6) is -0.349. The first kappa shape index (κ1) is 20.6. The minimum atomic E-state index is -3.81. The van der Waals surface area contributed by atoms with Crippen LogP contribution in [0.5, 0.6) is 5.88 Å². The van der Waals surface area contributed by atoms with Crippen LogP contribution in [0.4, 0.5) is 5.69 Å². The van der Waals surface area contributed by atoms with E-state index in [9.17, 15) is 13.2 Å². The molecule has 1 N–H and O–H groups in total. The Labute approximate surface area is 176 Å². The molecule has 1 saturated heterocycles. The first-order valence-electron chi connectivity index (χ1n) is 10.1. The number of rotatable bonds is 5. The zero-order chi connectivity index (χ0) is 21.1. The molecule has 0 aliphatic carbocycles. The molecule has 3 heterocycles. The van der Waals surface area contributed by atoms with Crippen molar-refractivity contribution in [2.45, 2.75) is 37.1 Å². The van der Waals surface area contributed by atoms with E-state index in [2.05, 4.69) is 10.3 Å². The van der Waals surface area contributed by atoms with Gasteiger partial charge in [-0.2, -0.15) is 0 Å². The molecule has 0 saturated carbocycles. The molecule has 0 radical (unpaired) electrons. The number of pyridine rings is 1. The largest absolute Gasteiger partial charge is 0.474 e. The number of nitrogens with one attached hydrogen (secondary N) is 1. The van der Waals surface area contributed by atoms with Gasteiger partial charge >= 0.3 is 5.97 Å². The van der Waals surface area contributed by atoms with Crippen molar-refractivity contribution in [2.24, 2.45) is 0 Å². The number of piperidine rings is 1. The van der Waals surface area contributed by atoms with Crippen LogP contribution in [0.15, 0.2) is 41.4 Å². The Morgan fingerprint density at radius 2 is 2.10 bits per heavy atom. The molecule has 9 heteroatoms. The standard InChI is InChI=1S/C21H25N3O5S/c1-15-5-7-18(8-6-15)30(26,27)24-10-11-28-20-19(24)12-16(13-23-20)21(25)29-14-17-4-2-3-9-22-17/h5-8,12-13,17,22H,2-4,9-11,14H2,1H3. The summed E-state index contributed by atoms with van der Waals surface area (Å²) in [5.41, 5.74) is 1.40. The van der Waals surface area contributed by atoms with Crippen molar-refractivity contribution < 1.29 is 22.7 Å². The fraction of sp³-hybridized carbons (Fsp3) is 0.429. The number of hydrogen-bond donors (Lipinski definition) is 1. The quantitative estimate of drug-likeness (QED) is 0.725. The zero-order valence-electron chi connectivity index (χ0n) is 16.8. The second-order valence-corrected chi connectivity index (χ2v) is 9.39. The van der Waals surface area contributed by atoms with Crippen molar-refractivity contribution in [2.75, 3.05) is 30.6 Å². The number of anilines is 1. The summed E-state index contributed by atoms with van der Waals surface area (Å²) in [6, 6.07) is 8.27. The summed E-state index contributed by atoms with van der Waals surface area (Å²) in [6.07, 6.45) is 4.56. The smallest absolute Gasteiger partial charge is 0.339 e. The predicted molar refractivity (Wildman–Crippen MR) is 111 cm³/mol. The molecule has 2 aliphatic rings. The van der Waals surface area contributed by atoms with Crippen LogP contribution >= 0.6 is 0 Å². The lowest BCUT2D eigenvalue weighted by molar-refractivity contribution is 0.0450. The van der Waals surface area contributed by atoms with Crippen LogP contribution in [0.25, 0.3) is 0 Å². The van der Waals surface area contributed by atoms with E-state index in [1.807, 2.05) is 6.92 Å². The number of carbonyl (C=O) groups excluding carboxylic acids is 1. The molecule has 2 aromatic rings. The monoisotopic (exact) mass is 431 g/mol. The van der Waals surface area contributed by atoms with Crippen molar-refractivity contribution in [1.29, 1.82) is 0 Å². The van der Waals surface area contributed by atoms with E-state index >= 15 is 0 Å². The molecule has 30 heavy (non-hydrogen) atoms. The number of sulfonamides is 1. The minimum absolute atomic E-state index is 0.134. The van der Waals surface area contributed by atoms with Crippen molar-refractivity contribution in [1.82, 2.24) is 10.3 Å². The second-order valence-electron chi connectivity index (χ2n) is 7.53. The summed E-state index contributed by atoms with van der Waals surface area (Å²) in [7, 11) is -3.81. The van der Waals surface area contributed by atoms with Gasteiger partial charge in [-0.15, -0.1) is 0 Å². The van der Waals surface area contributed by atoms with Crippen LogP contribution in [0.1, 0.15) is 35.2 Å². The van der Waals surface area contributed by atoms with E-state index in [0.29, 0.717) is 0 Å².